The number of nitrogens with zero attached hydrogens (tertiary/aromatic N) is 1. The maximum absolute atomic E-state index is 9.11. The topological polar surface area (TPSA) is 63.5 Å². The van der Waals surface area contributed by atoms with Gasteiger partial charge in [-0.05, 0) is 26.3 Å². The third-order valence-corrected chi connectivity index (χ3v) is 2.99. The van der Waals surface area contributed by atoms with Crippen LogP contribution >= 0.6 is 0 Å². The Morgan fingerprint density at radius 2 is 1.72 bits per heavy atom. The zero-order valence-corrected chi connectivity index (χ0v) is 11.8. The molecular formula is C13H26N2O3. The highest BCUT2D eigenvalue weighted by atomic mass is 16.5. The van der Waals surface area contributed by atoms with Crippen LogP contribution in [0.2, 0.25) is 0 Å². The lowest BCUT2D eigenvalue weighted by Gasteiger charge is -2.24. The van der Waals surface area contributed by atoms with E-state index in [1.165, 1.54) is 0 Å². The predicted molar refractivity (Wildman–Crippen MR) is 70.4 cm³/mol. The predicted octanol–water partition coefficient (Wildman–Crippen LogP) is 1.34. The molecule has 18 heavy (non-hydrogen) atoms. The summed E-state index contributed by atoms with van der Waals surface area (Å²) in [5.41, 5.74) is -0.404. The number of hydrogen-bond donors (Lipinski definition) is 1. The summed E-state index contributed by atoms with van der Waals surface area (Å²) in [4.78, 5) is 0. The van der Waals surface area contributed by atoms with Gasteiger partial charge in [-0.15, -0.1) is 0 Å². The molecule has 1 unspecified atom stereocenters. The summed E-state index contributed by atoms with van der Waals surface area (Å²) in [5.74, 6) is 0. The molecule has 0 amide bonds. The molecule has 0 rings (SSSR count). The Balaban J connectivity index is 3.42. The van der Waals surface area contributed by atoms with E-state index in [1.54, 1.807) is 7.11 Å². The number of methoxy groups -OCH3 is 1. The molecule has 0 fully saturated rings. The van der Waals surface area contributed by atoms with Gasteiger partial charge in [0.2, 0.25) is 0 Å². The molecule has 5 heteroatoms. The summed E-state index contributed by atoms with van der Waals surface area (Å²) in [7, 11) is 3.48. The number of nitriles is 1. The maximum atomic E-state index is 9.11. The van der Waals surface area contributed by atoms with Gasteiger partial charge < -0.3 is 19.5 Å². The molecule has 0 aliphatic rings. The van der Waals surface area contributed by atoms with E-state index >= 15 is 0 Å². The van der Waals surface area contributed by atoms with Crippen LogP contribution in [0.15, 0.2) is 0 Å². The van der Waals surface area contributed by atoms with Crippen LogP contribution in [0.25, 0.3) is 0 Å². The minimum atomic E-state index is -0.404. The van der Waals surface area contributed by atoms with Gasteiger partial charge in [0.25, 0.3) is 0 Å². The Kier molecular flexibility index (Phi) is 11.0. The van der Waals surface area contributed by atoms with E-state index in [0.29, 0.717) is 33.0 Å². The fraction of sp³-hybridized carbons (Fsp3) is 0.923. The van der Waals surface area contributed by atoms with Crippen LogP contribution in [0.3, 0.4) is 0 Å². The van der Waals surface area contributed by atoms with E-state index in [-0.39, 0.29) is 0 Å². The second-order valence-electron chi connectivity index (χ2n) is 4.12. The van der Waals surface area contributed by atoms with Crippen molar-refractivity contribution in [1.29, 1.82) is 5.26 Å². The zero-order valence-electron chi connectivity index (χ0n) is 11.8. The molecule has 0 aromatic carbocycles. The van der Waals surface area contributed by atoms with E-state index < -0.39 is 5.54 Å². The number of nitrogens with one attached hydrogen (secondary N) is 1. The third-order valence-electron chi connectivity index (χ3n) is 2.99. The molecule has 1 N–H and O–H groups in total. The van der Waals surface area contributed by atoms with Crippen LogP contribution in [0.5, 0.6) is 0 Å². The largest absolute Gasteiger partial charge is 0.382 e. The van der Waals surface area contributed by atoms with Crippen LogP contribution in [0.4, 0.5) is 0 Å². The molecule has 0 spiro atoms. The summed E-state index contributed by atoms with van der Waals surface area (Å²) < 4.78 is 15.6. The van der Waals surface area contributed by atoms with Crippen molar-refractivity contribution in [2.75, 3.05) is 47.2 Å². The smallest absolute Gasteiger partial charge is 0.106 e. The minimum absolute atomic E-state index is 0.404. The third kappa shape index (κ3) is 7.62. The molecular weight excluding hydrogens is 232 g/mol. The fourth-order valence-electron chi connectivity index (χ4n) is 1.61. The summed E-state index contributed by atoms with van der Waals surface area (Å²) in [5, 5.41) is 12.2. The quantitative estimate of drug-likeness (QED) is 0.535. The van der Waals surface area contributed by atoms with Crippen molar-refractivity contribution in [1.82, 2.24) is 5.32 Å². The first-order valence-electron chi connectivity index (χ1n) is 6.49. The van der Waals surface area contributed by atoms with Gasteiger partial charge in [-0.25, -0.2) is 0 Å². The average Bonchev–Trinajstić information content (AvgIpc) is 2.42. The fourth-order valence-corrected chi connectivity index (χ4v) is 1.61. The van der Waals surface area contributed by atoms with Crippen LogP contribution in [0, 0.1) is 11.3 Å². The van der Waals surface area contributed by atoms with E-state index in [9.17, 15) is 0 Å². The molecule has 0 saturated heterocycles. The first kappa shape index (κ1) is 17.3. The summed E-state index contributed by atoms with van der Waals surface area (Å²) >= 11 is 0. The van der Waals surface area contributed by atoms with Gasteiger partial charge in [0.15, 0.2) is 0 Å². The first-order valence-corrected chi connectivity index (χ1v) is 6.49. The van der Waals surface area contributed by atoms with Crippen molar-refractivity contribution in [3.05, 3.63) is 0 Å². The molecule has 0 saturated carbocycles. The van der Waals surface area contributed by atoms with Crippen molar-refractivity contribution >= 4 is 0 Å². The van der Waals surface area contributed by atoms with Gasteiger partial charge in [0.1, 0.15) is 5.54 Å². The normalized spacial score (nSPS) is 14.1. The SMILES string of the molecule is CCC(C#N)(CCCOCCOCCOC)NC. The van der Waals surface area contributed by atoms with Crippen LogP contribution < -0.4 is 5.32 Å². The Hall–Kier alpha value is -0.670. The van der Waals surface area contributed by atoms with Gasteiger partial charge in [0, 0.05) is 13.7 Å². The van der Waals surface area contributed by atoms with E-state index in [2.05, 4.69) is 11.4 Å². The molecule has 0 aliphatic heterocycles. The molecule has 1 atom stereocenters. The maximum Gasteiger partial charge on any atom is 0.106 e. The molecule has 0 bridgehead atoms. The number of ether oxygens (including phenoxy) is 3. The lowest BCUT2D eigenvalue weighted by molar-refractivity contribution is 0.0232. The Morgan fingerprint density at radius 1 is 1.11 bits per heavy atom. The van der Waals surface area contributed by atoms with Gasteiger partial charge in [-0.2, -0.15) is 5.26 Å². The van der Waals surface area contributed by atoms with Crippen molar-refractivity contribution < 1.29 is 14.2 Å². The molecule has 106 valence electrons. The zero-order chi connectivity index (χ0) is 13.7. The van der Waals surface area contributed by atoms with Gasteiger partial charge in [0.05, 0.1) is 32.5 Å². The average molecular weight is 258 g/mol. The standard InChI is InChI=1S/C13H26N2O3/c1-4-13(12-14,15-2)6-5-7-17-10-11-18-9-8-16-3/h15H,4-11H2,1-3H3. The molecule has 0 aromatic heterocycles. The van der Waals surface area contributed by atoms with Crippen LogP contribution in [0.1, 0.15) is 26.2 Å². The Morgan fingerprint density at radius 3 is 2.22 bits per heavy atom. The minimum Gasteiger partial charge on any atom is -0.382 e. The van der Waals surface area contributed by atoms with E-state index in [1.807, 2.05) is 14.0 Å². The lowest BCUT2D eigenvalue weighted by atomic mass is 9.92. The highest BCUT2D eigenvalue weighted by Crippen LogP contribution is 2.15. The van der Waals surface area contributed by atoms with E-state index in [4.69, 9.17) is 19.5 Å². The highest BCUT2D eigenvalue weighted by Gasteiger charge is 2.24. The van der Waals surface area contributed by atoms with Crippen LogP contribution in [-0.4, -0.2) is 52.7 Å². The lowest BCUT2D eigenvalue weighted by Crippen LogP contribution is -2.40. The molecule has 0 aromatic rings. The van der Waals surface area contributed by atoms with Gasteiger partial charge in [-0.3, -0.25) is 0 Å². The number of hydrogen-bond acceptors (Lipinski definition) is 5. The van der Waals surface area contributed by atoms with E-state index in [0.717, 1.165) is 19.3 Å². The monoisotopic (exact) mass is 258 g/mol. The Bertz CT molecular complexity index is 225. The summed E-state index contributed by atoms with van der Waals surface area (Å²) in [6.45, 7) is 5.08. The van der Waals surface area contributed by atoms with Gasteiger partial charge >= 0.3 is 0 Å². The molecule has 0 aliphatic carbocycles. The summed E-state index contributed by atoms with van der Waals surface area (Å²) in [6.07, 6.45) is 2.49. The van der Waals surface area contributed by atoms with Crippen molar-refractivity contribution in [2.45, 2.75) is 31.7 Å². The first-order chi connectivity index (χ1) is 8.74. The van der Waals surface area contributed by atoms with Crippen molar-refractivity contribution in [2.24, 2.45) is 0 Å². The molecule has 0 radical (unpaired) electrons. The van der Waals surface area contributed by atoms with Crippen molar-refractivity contribution in [3.8, 4) is 6.07 Å². The van der Waals surface area contributed by atoms with Crippen LogP contribution in [-0.2, 0) is 14.2 Å². The summed E-state index contributed by atoms with van der Waals surface area (Å²) in [6, 6.07) is 2.33. The molecule has 5 nitrogen and oxygen atoms in total. The van der Waals surface area contributed by atoms with Gasteiger partial charge in [-0.1, -0.05) is 6.92 Å². The molecule has 0 heterocycles. The number of rotatable bonds is 12. The second-order valence-corrected chi connectivity index (χ2v) is 4.12. The highest BCUT2D eigenvalue weighted by molar-refractivity contribution is 5.05. The second kappa shape index (κ2) is 11.4. The van der Waals surface area contributed by atoms with Crippen molar-refractivity contribution in [3.63, 3.8) is 0 Å². The Labute approximate surface area is 110 Å².